The zero-order valence-corrected chi connectivity index (χ0v) is 16.6. The third-order valence-electron chi connectivity index (χ3n) is 4.74. The first-order valence-electron chi connectivity index (χ1n) is 9.33. The van der Waals surface area contributed by atoms with Gasteiger partial charge in [0, 0.05) is 22.8 Å². The summed E-state index contributed by atoms with van der Waals surface area (Å²) >= 11 is 0. The fraction of sp³-hybridized carbons (Fsp3) is 0.130. The van der Waals surface area contributed by atoms with E-state index in [1.54, 1.807) is 0 Å². The Bertz CT molecular complexity index is 1060. The van der Waals surface area contributed by atoms with E-state index < -0.39 is 0 Å². The SMILES string of the molecule is CCNc1[nH+]ccc2nc(-c3ccc(C[NH3+])cc3)c(-c3ccccc3)cc12.[Cl-]. The molecule has 0 amide bonds. The highest BCUT2D eigenvalue weighted by Gasteiger charge is 2.15. The summed E-state index contributed by atoms with van der Waals surface area (Å²) < 4.78 is 0. The van der Waals surface area contributed by atoms with Crippen LogP contribution >= 0.6 is 0 Å². The minimum atomic E-state index is 0. The van der Waals surface area contributed by atoms with Crippen LogP contribution in [-0.2, 0) is 6.54 Å². The number of halogens is 1. The van der Waals surface area contributed by atoms with Gasteiger partial charge in [-0.05, 0) is 18.6 Å². The number of H-pyrrole nitrogens is 1. The van der Waals surface area contributed by atoms with Crippen LogP contribution in [0.4, 0.5) is 5.82 Å². The number of nitrogens with one attached hydrogen (secondary N) is 2. The molecule has 0 saturated heterocycles. The topological polar surface area (TPSA) is 66.7 Å². The molecule has 28 heavy (non-hydrogen) atoms. The van der Waals surface area contributed by atoms with Crippen molar-refractivity contribution in [1.82, 2.24) is 4.98 Å². The standard InChI is InChI=1S/C23H22N4.ClH/c1-2-25-23-20-14-19(17-6-4-3-5-7-17)22(27-21(20)12-13-26-23)18-10-8-16(15-24)9-11-18;/h3-14H,2,15,24H2,1H3,(H,25,26);1H/p+1. The van der Waals surface area contributed by atoms with Crippen LogP contribution in [0.25, 0.3) is 33.3 Å². The molecule has 142 valence electrons. The van der Waals surface area contributed by atoms with Gasteiger partial charge in [0.05, 0.1) is 35.9 Å². The van der Waals surface area contributed by atoms with Crippen molar-refractivity contribution in [3.8, 4) is 22.4 Å². The minimum Gasteiger partial charge on any atom is -1.00 e. The summed E-state index contributed by atoms with van der Waals surface area (Å²) in [5, 5.41) is 4.49. The number of nitrogens with zero attached hydrogens (tertiary/aromatic N) is 1. The summed E-state index contributed by atoms with van der Waals surface area (Å²) in [7, 11) is 0. The molecule has 0 fully saturated rings. The number of pyridine rings is 2. The summed E-state index contributed by atoms with van der Waals surface area (Å²) in [5.41, 5.74) is 10.6. The van der Waals surface area contributed by atoms with E-state index in [1.165, 1.54) is 5.56 Å². The van der Waals surface area contributed by atoms with Crippen molar-refractivity contribution in [1.29, 1.82) is 0 Å². The molecule has 2 aromatic heterocycles. The molecular formula is C23H24ClN4+. The molecule has 0 aliphatic rings. The summed E-state index contributed by atoms with van der Waals surface area (Å²) in [5.74, 6) is 0.999. The van der Waals surface area contributed by atoms with Crippen LogP contribution in [0, 0.1) is 0 Å². The quantitative estimate of drug-likeness (QED) is 0.522. The molecule has 0 aliphatic heterocycles. The molecule has 0 bridgehead atoms. The van der Waals surface area contributed by atoms with E-state index in [-0.39, 0.29) is 12.4 Å². The van der Waals surface area contributed by atoms with Crippen molar-refractivity contribution >= 4 is 16.7 Å². The summed E-state index contributed by atoms with van der Waals surface area (Å²) in [6, 6.07) is 23.2. The highest BCUT2D eigenvalue weighted by Crippen LogP contribution is 2.34. The van der Waals surface area contributed by atoms with Crippen LogP contribution in [-0.4, -0.2) is 11.5 Å². The van der Waals surface area contributed by atoms with Gasteiger partial charge in [0.2, 0.25) is 0 Å². The van der Waals surface area contributed by atoms with Crippen LogP contribution in [0.1, 0.15) is 12.5 Å². The second-order valence-corrected chi connectivity index (χ2v) is 6.51. The van der Waals surface area contributed by atoms with Crippen LogP contribution in [0.15, 0.2) is 72.9 Å². The molecule has 0 radical (unpaired) electrons. The first-order chi connectivity index (χ1) is 13.3. The van der Waals surface area contributed by atoms with Gasteiger partial charge in [-0.2, -0.15) is 0 Å². The van der Waals surface area contributed by atoms with Gasteiger partial charge in [0.1, 0.15) is 0 Å². The number of aromatic amines is 1. The lowest BCUT2D eigenvalue weighted by Crippen LogP contribution is -3.00. The lowest BCUT2D eigenvalue weighted by molar-refractivity contribution is -0.386. The van der Waals surface area contributed by atoms with Gasteiger partial charge in [-0.15, -0.1) is 0 Å². The Morgan fingerprint density at radius 1 is 0.964 bits per heavy atom. The molecule has 4 nitrogen and oxygen atoms in total. The van der Waals surface area contributed by atoms with Crippen molar-refractivity contribution in [3.05, 3.63) is 78.5 Å². The second-order valence-electron chi connectivity index (χ2n) is 6.51. The molecule has 5 heteroatoms. The summed E-state index contributed by atoms with van der Waals surface area (Å²) in [6.45, 7) is 3.74. The molecule has 0 spiro atoms. The largest absolute Gasteiger partial charge is 1.00 e. The average Bonchev–Trinajstić information content (AvgIpc) is 2.74. The van der Waals surface area contributed by atoms with E-state index in [4.69, 9.17) is 4.98 Å². The van der Waals surface area contributed by atoms with Crippen molar-refractivity contribution in [2.24, 2.45) is 0 Å². The Hall–Kier alpha value is -2.95. The first kappa shape index (κ1) is 19.8. The number of hydrogen-bond acceptors (Lipinski definition) is 2. The molecule has 2 heterocycles. The van der Waals surface area contributed by atoms with E-state index in [9.17, 15) is 0 Å². The molecule has 4 aromatic rings. The number of aromatic nitrogens is 2. The lowest BCUT2D eigenvalue weighted by Gasteiger charge is -2.12. The third-order valence-corrected chi connectivity index (χ3v) is 4.74. The van der Waals surface area contributed by atoms with Gasteiger partial charge in [-0.3, -0.25) is 5.32 Å². The van der Waals surface area contributed by atoms with Crippen molar-refractivity contribution in [2.75, 3.05) is 11.9 Å². The zero-order chi connectivity index (χ0) is 18.6. The summed E-state index contributed by atoms with van der Waals surface area (Å²) in [4.78, 5) is 8.35. The molecule has 0 unspecified atom stereocenters. The minimum absolute atomic E-state index is 0. The molecule has 4 rings (SSSR count). The van der Waals surface area contributed by atoms with Gasteiger partial charge in [-0.25, -0.2) is 9.97 Å². The van der Waals surface area contributed by atoms with E-state index in [2.05, 4.69) is 77.6 Å². The summed E-state index contributed by atoms with van der Waals surface area (Å²) in [6.07, 6.45) is 1.94. The van der Waals surface area contributed by atoms with E-state index in [0.29, 0.717) is 0 Å². The van der Waals surface area contributed by atoms with Gasteiger partial charge < -0.3 is 18.1 Å². The van der Waals surface area contributed by atoms with Gasteiger partial charge in [0.15, 0.2) is 0 Å². The van der Waals surface area contributed by atoms with E-state index in [0.717, 1.165) is 52.2 Å². The molecule has 2 aromatic carbocycles. The van der Waals surface area contributed by atoms with E-state index >= 15 is 0 Å². The molecular weight excluding hydrogens is 368 g/mol. The highest BCUT2D eigenvalue weighted by molar-refractivity contribution is 5.95. The van der Waals surface area contributed by atoms with Crippen LogP contribution in [0.3, 0.4) is 0 Å². The number of rotatable bonds is 5. The van der Waals surface area contributed by atoms with Gasteiger partial charge in [-0.1, -0.05) is 54.6 Å². The van der Waals surface area contributed by atoms with Gasteiger partial charge in [0.25, 0.3) is 5.82 Å². The predicted octanol–water partition coefficient (Wildman–Crippen LogP) is 0.561. The average molecular weight is 392 g/mol. The maximum atomic E-state index is 5.04. The number of hydrogen-bond donors (Lipinski definition) is 2. The second kappa shape index (κ2) is 8.83. The molecule has 5 N–H and O–H groups in total. The molecule has 0 saturated carbocycles. The number of fused-ring (bicyclic) bond motifs is 1. The normalized spacial score (nSPS) is 10.5. The number of quaternary nitrogens is 1. The molecule has 0 atom stereocenters. The smallest absolute Gasteiger partial charge is 0.281 e. The van der Waals surface area contributed by atoms with Crippen LogP contribution < -0.4 is 28.4 Å². The fourth-order valence-corrected chi connectivity index (χ4v) is 3.35. The van der Waals surface area contributed by atoms with Gasteiger partial charge >= 0.3 is 0 Å². The van der Waals surface area contributed by atoms with Crippen LogP contribution in [0.2, 0.25) is 0 Å². The Morgan fingerprint density at radius 3 is 2.39 bits per heavy atom. The van der Waals surface area contributed by atoms with Crippen LogP contribution in [0.5, 0.6) is 0 Å². The zero-order valence-electron chi connectivity index (χ0n) is 15.9. The molecule has 0 aliphatic carbocycles. The van der Waals surface area contributed by atoms with Crippen molar-refractivity contribution < 1.29 is 23.1 Å². The monoisotopic (exact) mass is 391 g/mol. The Labute approximate surface area is 171 Å². The predicted molar refractivity (Wildman–Crippen MR) is 110 cm³/mol. The Balaban J connectivity index is 0.00000225. The Morgan fingerprint density at radius 2 is 1.71 bits per heavy atom. The van der Waals surface area contributed by atoms with Crippen molar-refractivity contribution in [3.63, 3.8) is 0 Å². The maximum absolute atomic E-state index is 5.04. The number of anilines is 1. The third kappa shape index (κ3) is 3.84. The first-order valence-corrected chi connectivity index (χ1v) is 9.33. The Kier molecular flexibility index (Phi) is 6.24. The van der Waals surface area contributed by atoms with E-state index in [1.807, 2.05) is 18.3 Å². The maximum Gasteiger partial charge on any atom is 0.281 e. The number of benzene rings is 2. The lowest BCUT2D eigenvalue weighted by atomic mass is 9.97. The highest BCUT2D eigenvalue weighted by atomic mass is 35.5. The fourth-order valence-electron chi connectivity index (χ4n) is 3.35. The van der Waals surface area contributed by atoms with Crippen molar-refractivity contribution in [2.45, 2.75) is 13.5 Å².